The van der Waals surface area contributed by atoms with Crippen molar-refractivity contribution >= 4 is 17.6 Å². The molecule has 0 radical (unpaired) electrons. The summed E-state index contributed by atoms with van der Waals surface area (Å²) in [5, 5.41) is 1.86. The highest BCUT2D eigenvalue weighted by Gasteiger charge is 2.17. The largest absolute Gasteiger partial charge is 0.299 e. The van der Waals surface area contributed by atoms with Crippen LogP contribution in [0.3, 0.4) is 0 Å². The second-order valence-electron chi connectivity index (χ2n) is 2.47. The lowest BCUT2D eigenvalue weighted by Crippen LogP contribution is -2.34. The predicted octanol–water partition coefficient (Wildman–Crippen LogP) is -0.678. The average Bonchev–Trinajstić information content (AvgIpc) is 2.17. The van der Waals surface area contributed by atoms with Gasteiger partial charge in [0.05, 0.1) is 5.56 Å². The maximum atomic E-state index is 11.2. The van der Waals surface area contributed by atoms with Crippen LogP contribution in [0.5, 0.6) is 0 Å². The van der Waals surface area contributed by atoms with Gasteiger partial charge in [-0.05, 0) is 0 Å². The molecule has 0 saturated carbocycles. The Morgan fingerprint density at radius 3 is 2.29 bits per heavy atom. The van der Waals surface area contributed by atoms with Crippen molar-refractivity contribution in [1.29, 1.82) is 0 Å². The minimum absolute atomic E-state index is 0.0475. The Hall–Kier alpha value is -2.11. The number of carbonyl (C=O) groups excluding carboxylic acids is 3. The third-order valence-corrected chi connectivity index (χ3v) is 1.32. The van der Waals surface area contributed by atoms with Gasteiger partial charge in [0.2, 0.25) is 5.91 Å². The summed E-state index contributed by atoms with van der Waals surface area (Å²) in [6.45, 7) is 1.15. The third kappa shape index (κ3) is 2.44. The normalized spacial score (nSPS) is 9.21. The second-order valence-corrected chi connectivity index (χ2v) is 2.47. The summed E-state index contributed by atoms with van der Waals surface area (Å²) in [6, 6.07) is 0. The van der Waals surface area contributed by atoms with Crippen LogP contribution in [0.25, 0.3) is 0 Å². The predicted molar refractivity (Wildman–Crippen MR) is 45.2 cm³/mol. The second kappa shape index (κ2) is 4.22. The summed E-state index contributed by atoms with van der Waals surface area (Å²) in [6.07, 6.45) is 3.64. The van der Waals surface area contributed by atoms with E-state index in [4.69, 9.17) is 0 Å². The molecule has 0 saturated heterocycles. The van der Waals surface area contributed by atoms with Crippen molar-refractivity contribution in [2.75, 3.05) is 0 Å². The molecule has 1 heterocycles. The van der Waals surface area contributed by atoms with Crippen LogP contribution in [0.15, 0.2) is 18.7 Å². The maximum absolute atomic E-state index is 11.2. The number of hydrogen-bond acceptors (Lipinski definition) is 5. The lowest BCUT2D eigenvalue weighted by Gasteiger charge is -1.98. The van der Waals surface area contributed by atoms with Gasteiger partial charge in [0, 0.05) is 19.3 Å². The Morgan fingerprint density at radius 1 is 1.21 bits per heavy atom. The molecule has 0 aliphatic carbocycles. The van der Waals surface area contributed by atoms with E-state index in [2.05, 4.69) is 9.97 Å². The number of aromatic nitrogens is 2. The van der Waals surface area contributed by atoms with Crippen molar-refractivity contribution in [2.45, 2.75) is 6.92 Å². The Balaban J connectivity index is 2.76. The highest BCUT2D eigenvalue weighted by Crippen LogP contribution is 1.94. The number of rotatable bonds is 2. The van der Waals surface area contributed by atoms with E-state index in [0.29, 0.717) is 0 Å². The number of nitrogens with one attached hydrogen (secondary N) is 1. The molecule has 0 aliphatic heterocycles. The number of carbonyl (C=O) groups is 3. The van der Waals surface area contributed by atoms with Crippen LogP contribution in [-0.2, 0) is 9.59 Å². The zero-order valence-corrected chi connectivity index (χ0v) is 7.35. The van der Waals surface area contributed by atoms with Gasteiger partial charge in [0.25, 0.3) is 11.7 Å². The van der Waals surface area contributed by atoms with Crippen molar-refractivity contribution in [3.05, 3.63) is 24.3 Å². The minimum Gasteiger partial charge on any atom is -0.290 e. The van der Waals surface area contributed by atoms with Crippen LogP contribution in [-0.4, -0.2) is 27.6 Å². The summed E-state index contributed by atoms with van der Waals surface area (Å²) < 4.78 is 0. The molecule has 14 heavy (non-hydrogen) atoms. The fourth-order valence-electron chi connectivity index (χ4n) is 0.764. The first kappa shape index (κ1) is 9.97. The standard InChI is InChI=1S/C8H7N3O3/c1-5(12)11-8(14)7(13)6-2-9-4-10-3-6/h2-4H,1H3,(H,11,12,14). The molecule has 1 aromatic rings. The molecule has 0 spiro atoms. The smallest absolute Gasteiger partial charge is 0.290 e. The molecule has 0 bridgehead atoms. The van der Waals surface area contributed by atoms with E-state index < -0.39 is 17.6 Å². The van der Waals surface area contributed by atoms with Gasteiger partial charge in [-0.25, -0.2) is 9.97 Å². The molecule has 0 atom stereocenters. The average molecular weight is 193 g/mol. The van der Waals surface area contributed by atoms with E-state index in [0.717, 1.165) is 6.92 Å². The van der Waals surface area contributed by atoms with E-state index in [1.807, 2.05) is 5.32 Å². The molecule has 2 amide bonds. The molecule has 0 fully saturated rings. The summed E-state index contributed by atoms with van der Waals surface area (Å²) in [5.41, 5.74) is 0.0475. The van der Waals surface area contributed by atoms with Crippen molar-refractivity contribution in [3.63, 3.8) is 0 Å². The molecule has 1 N–H and O–H groups in total. The van der Waals surface area contributed by atoms with Crippen molar-refractivity contribution in [3.8, 4) is 0 Å². The number of hydrogen-bond donors (Lipinski definition) is 1. The molecule has 0 aliphatic rings. The zero-order chi connectivity index (χ0) is 10.6. The van der Waals surface area contributed by atoms with Crippen LogP contribution >= 0.6 is 0 Å². The zero-order valence-electron chi connectivity index (χ0n) is 7.35. The highest BCUT2D eigenvalue weighted by atomic mass is 16.2. The molecular formula is C8H7N3O3. The summed E-state index contributed by atoms with van der Waals surface area (Å²) in [4.78, 5) is 39.9. The van der Waals surface area contributed by atoms with Gasteiger partial charge in [-0.1, -0.05) is 0 Å². The first-order chi connectivity index (χ1) is 6.61. The number of amides is 2. The number of nitrogens with zero attached hydrogens (tertiary/aromatic N) is 2. The summed E-state index contributed by atoms with van der Waals surface area (Å²) >= 11 is 0. The van der Waals surface area contributed by atoms with Gasteiger partial charge in [-0.3, -0.25) is 19.7 Å². The van der Waals surface area contributed by atoms with Crippen LogP contribution in [0.4, 0.5) is 0 Å². The van der Waals surface area contributed by atoms with Gasteiger partial charge in [-0.15, -0.1) is 0 Å². The molecular weight excluding hydrogens is 186 g/mol. The van der Waals surface area contributed by atoms with E-state index in [-0.39, 0.29) is 5.56 Å². The third-order valence-electron chi connectivity index (χ3n) is 1.32. The van der Waals surface area contributed by atoms with Crippen LogP contribution in [0.2, 0.25) is 0 Å². The Morgan fingerprint density at radius 2 is 1.79 bits per heavy atom. The SMILES string of the molecule is CC(=O)NC(=O)C(=O)c1cncnc1. The van der Waals surface area contributed by atoms with Gasteiger partial charge < -0.3 is 0 Å². The van der Waals surface area contributed by atoms with Crippen molar-refractivity contribution in [1.82, 2.24) is 15.3 Å². The van der Waals surface area contributed by atoms with E-state index in [1.165, 1.54) is 18.7 Å². The van der Waals surface area contributed by atoms with E-state index in [9.17, 15) is 14.4 Å². The molecule has 6 nitrogen and oxygen atoms in total. The molecule has 1 aromatic heterocycles. The first-order valence-electron chi connectivity index (χ1n) is 3.72. The lowest BCUT2D eigenvalue weighted by atomic mass is 10.2. The number of imide groups is 1. The molecule has 0 unspecified atom stereocenters. The summed E-state index contributed by atoms with van der Waals surface area (Å²) in [7, 11) is 0. The lowest BCUT2D eigenvalue weighted by molar-refractivity contribution is -0.126. The van der Waals surface area contributed by atoms with Crippen molar-refractivity contribution < 1.29 is 14.4 Å². The molecule has 1 rings (SSSR count). The van der Waals surface area contributed by atoms with Gasteiger partial charge in [-0.2, -0.15) is 0 Å². The fourth-order valence-corrected chi connectivity index (χ4v) is 0.764. The monoisotopic (exact) mass is 193 g/mol. The number of ketones is 1. The Bertz CT molecular complexity index is 375. The van der Waals surface area contributed by atoms with E-state index >= 15 is 0 Å². The maximum Gasteiger partial charge on any atom is 0.299 e. The van der Waals surface area contributed by atoms with Crippen LogP contribution < -0.4 is 5.32 Å². The van der Waals surface area contributed by atoms with Gasteiger partial charge in [0.15, 0.2) is 0 Å². The van der Waals surface area contributed by atoms with Crippen molar-refractivity contribution in [2.24, 2.45) is 0 Å². The first-order valence-corrected chi connectivity index (χ1v) is 3.72. The molecule has 6 heteroatoms. The molecule has 0 aromatic carbocycles. The van der Waals surface area contributed by atoms with E-state index in [1.54, 1.807) is 0 Å². The fraction of sp³-hybridized carbons (Fsp3) is 0.125. The number of Topliss-reactive ketones (excluding diaryl/α,β-unsaturated/α-hetero) is 1. The topological polar surface area (TPSA) is 89.0 Å². The Labute approximate surface area is 79.4 Å². The van der Waals surface area contributed by atoms with Crippen LogP contribution in [0, 0.1) is 0 Å². The van der Waals surface area contributed by atoms with Crippen LogP contribution in [0.1, 0.15) is 17.3 Å². The minimum atomic E-state index is -0.979. The van der Waals surface area contributed by atoms with Gasteiger partial charge in [0.1, 0.15) is 6.33 Å². The Kier molecular flexibility index (Phi) is 3.01. The van der Waals surface area contributed by atoms with Gasteiger partial charge >= 0.3 is 0 Å². The quantitative estimate of drug-likeness (QED) is 0.496. The highest BCUT2D eigenvalue weighted by molar-refractivity contribution is 6.44. The molecule has 72 valence electrons. The summed E-state index contributed by atoms with van der Waals surface area (Å²) in [5.74, 6) is -2.40.